The number of hydrogen-bond acceptors (Lipinski definition) is 0. The minimum absolute atomic E-state index is 0.375. The van der Waals surface area contributed by atoms with Crippen molar-refractivity contribution in [2.75, 3.05) is 0 Å². The lowest BCUT2D eigenvalue weighted by molar-refractivity contribution is 0.00575. The van der Waals surface area contributed by atoms with Gasteiger partial charge in [-0.3, -0.25) is 0 Å². The predicted molar refractivity (Wildman–Crippen MR) is 509 cm³/mol. The van der Waals surface area contributed by atoms with Crippen molar-refractivity contribution in [3.63, 3.8) is 0 Å². The Morgan fingerprint density at radius 2 is 0.547 bits per heavy atom. The quantitative estimate of drug-likeness (QED) is 0.216. The molecule has 0 heteroatoms. The van der Waals surface area contributed by atoms with Gasteiger partial charge >= 0.3 is 0 Å². The van der Waals surface area contributed by atoms with E-state index >= 15 is 0 Å². The summed E-state index contributed by atoms with van der Waals surface area (Å²) in [5, 5.41) is 0. The zero-order chi connectivity index (χ0) is 89.0. The average molecular weight is 1510 g/mol. The van der Waals surface area contributed by atoms with Crippen molar-refractivity contribution in [2.45, 2.75) is 534 Å². The fraction of sp³-hybridized carbons (Fsp3) is 1.00. The second kappa shape index (κ2) is 51.8. The summed E-state index contributed by atoms with van der Waals surface area (Å²) in [6.45, 7) is 150. The molecule has 106 heavy (non-hydrogen) atoms. The largest absolute Gasteiger partial charge is 0.0651 e. The van der Waals surface area contributed by atoms with Crippen LogP contribution in [0.15, 0.2) is 0 Å². The van der Waals surface area contributed by atoms with E-state index in [2.05, 4.69) is 450 Å². The lowest BCUT2D eigenvalue weighted by atomic mass is 9.56. The van der Waals surface area contributed by atoms with Crippen LogP contribution in [0.25, 0.3) is 0 Å². The first-order chi connectivity index (χ1) is 45.6. The van der Waals surface area contributed by atoms with Gasteiger partial charge in [0.15, 0.2) is 0 Å². The van der Waals surface area contributed by atoms with Crippen LogP contribution in [-0.4, -0.2) is 0 Å². The molecule has 0 spiro atoms. The van der Waals surface area contributed by atoms with Crippen LogP contribution < -0.4 is 0 Å². The molecule has 0 bridgehead atoms. The highest BCUT2D eigenvalue weighted by atomic mass is 14.5. The van der Waals surface area contributed by atoms with Crippen molar-refractivity contribution in [1.82, 2.24) is 0 Å². The maximum absolute atomic E-state index is 2.38. The standard InChI is InChI=1S/C11H24.2C10H22.3C9H20.2C8H16.4C8H18/c1-9(2,3)11(7,8)10(4,5)6;1-8(9(2,3)4)10(5,6)7;1-8(2)10(6,7)9(3,4)5;1-7-9(5,6)8(2,3)4;1-7(2)8(3)9(4,5)6;1-7(2)9(5,6)8(3)4;1-7-5-3-4-6-8(7)2;1-2-8-6-4-3-5-7-8;2*1-7(2,3)8(4,5)6;1-6-7(2)8(3,4)5;1-6-8(4,5)7(2)3/h1-8H3;2*8H,1-7H3;7H2,1-6H3;2*7-8H,1-6H3;7-8H,3-6H2,1-2H3;8H,2-7H2,1H3;2*1-6H3;2*7H,6H2,1-5H3/t;;;;8-;;7-,8?;;;;7-;/m....1.1...1./s1. The Labute approximate surface area is 686 Å². The molecule has 0 nitrogen and oxygen atoms in total. The zero-order valence-electron chi connectivity index (χ0n) is 89.0. The fourth-order valence-corrected chi connectivity index (χ4v) is 9.60. The smallest absolute Gasteiger partial charge is 0.0257 e. The third-order valence-electron chi connectivity index (χ3n) is 31.9. The molecule has 0 aromatic carbocycles. The number of hydrogen-bond donors (Lipinski definition) is 0. The molecule has 0 heterocycles. The predicted octanol–water partition coefficient (Wildman–Crippen LogP) is 39.8. The van der Waals surface area contributed by atoms with Gasteiger partial charge in [0.25, 0.3) is 0 Å². The lowest BCUT2D eigenvalue weighted by Crippen LogP contribution is -2.41. The van der Waals surface area contributed by atoms with Gasteiger partial charge in [0.05, 0.1) is 0 Å². The zero-order valence-corrected chi connectivity index (χ0v) is 89.0. The van der Waals surface area contributed by atoms with E-state index in [1.54, 1.807) is 0 Å². The Morgan fingerprint density at radius 3 is 0.594 bits per heavy atom. The van der Waals surface area contributed by atoms with Gasteiger partial charge in [0.1, 0.15) is 0 Å². The molecular weight excluding hydrogens is 1270 g/mol. The molecule has 0 saturated heterocycles. The van der Waals surface area contributed by atoms with Gasteiger partial charge in [-0.15, -0.1) is 0 Å². The summed E-state index contributed by atoms with van der Waals surface area (Å²) in [5.41, 5.74) is 7.58. The van der Waals surface area contributed by atoms with E-state index in [9.17, 15) is 0 Å². The van der Waals surface area contributed by atoms with E-state index in [0.29, 0.717) is 92.1 Å². The molecule has 0 aliphatic heterocycles. The van der Waals surface area contributed by atoms with Crippen LogP contribution in [0.1, 0.15) is 534 Å². The Hall–Kier alpha value is 0. The van der Waals surface area contributed by atoms with E-state index in [4.69, 9.17) is 0 Å². The molecule has 2 saturated carbocycles. The first kappa shape index (κ1) is 127. The molecule has 0 aromatic rings. The summed E-state index contributed by atoms with van der Waals surface area (Å²) in [6, 6.07) is 0. The van der Waals surface area contributed by atoms with E-state index in [1.165, 1.54) is 83.5 Å². The van der Waals surface area contributed by atoms with Gasteiger partial charge in [-0.1, -0.05) is 534 Å². The molecule has 4 atom stereocenters. The Balaban J connectivity index is -0.000000119. The summed E-state index contributed by atoms with van der Waals surface area (Å²) in [7, 11) is 0. The molecule has 656 valence electrons. The normalized spacial score (nSPS) is 17.1. The van der Waals surface area contributed by atoms with Crippen molar-refractivity contribution < 1.29 is 0 Å². The van der Waals surface area contributed by atoms with Crippen LogP contribution in [0.5, 0.6) is 0 Å². The van der Waals surface area contributed by atoms with Crippen molar-refractivity contribution in [3.05, 3.63) is 0 Å². The van der Waals surface area contributed by atoms with Crippen LogP contribution in [0.2, 0.25) is 0 Å². The van der Waals surface area contributed by atoms with Crippen molar-refractivity contribution in [1.29, 1.82) is 0 Å². The van der Waals surface area contributed by atoms with Crippen LogP contribution in [0.4, 0.5) is 0 Å². The van der Waals surface area contributed by atoms with E-state index < -0.39 is 0 Å². The number of rotatable bonds is 9. The fourth-order valence-electron chi connectivity index (χ4n) is 9.60. The van der Waals surface area contributed by atoms with Crippen LogP contribution >= 0.6 is 0 Å². The second-order valence-corrected chi connectivity index (χ2v) is 52.0. The third kappa shape index (κ3) is 60.5. The van der Waals surface area contributed by atoms with Crippen LogP contribution in [0, 0.1) is 157 Å². The molecule has 2 rings (SSSR count). The topological polar surface area (TPSA) is 0 Å². The molecular formula is C106H232. The summed E-state index contributed by atoms with van der Waals surface area (Å²) >= 11 is 0. The maximum atomic E-state index is 2.38. The molecule has 0 amide bonds. The van der Waals surface area contributed by atoms with Crippen LogP contribution in [0.3, 0.4) is 0 Å². The molecule has 2 aliphatic rings. The van der Waals surface area contributed by atoms with Crippen molar-refractivity contribution in [3.8, 4) is 0 Å². The summed E-state index contributed by atoms with van der Waals surface area (Å²) in [4.78, 5) is 0. The monoisotopic (exact) mass is 1510 g/mol. The highest BCUT2D eigenvalue weighted by Crippen LogP contribution is 2.51. The van der Waals surface area contributed by atoms with Crippen LogP contribution in [-0.2, 0) is 0 Å². The second-order valence-electron chi connectivity index (χ2n) is 52.0. The summed E-state index contributed by atoms with van der Waals surface area (Å²) in [6.07, 6.45) is 18.7. The van der Waals surface area contributed by atoms with Crippen molar-refractivity contribution in [2.24, 2.45) is 157 Å². The molecule has 0 aromatic heterocycles. The van der Waals surface area contributed by atoms with E-state index in [1.807, 2.05) is 0 Å². The SMILES string of the molecule is CC(C(C)(C)C)C(C)(C)C.CC(C)(C)C(C)(C)C.CC(C)(C)C(C)(C)C.CC(C)(C)C(C)(C)C(C)(C)C.CC(C)C(C)(C)C(C)(C)C.CC(C)C(C)(C)C(C)C.CC(C)[C@@H](C)C(C)(C)C.CC1CCCC[C@H]1C.CCC(C)(C)C(C)(C)C.CCC(C)(C)C(C)C.CCC1CCCCC1.CC[C@@H](C)C(C)(C)C. The van der Waals surface area contributed by atoms with Gasteiger partial charge in [-0.2, -0.15) is 0 Å². The lowest BCUT2D eigenvalue weighted by Gasteiger charge is -2.49. The molecule has 2 fully saturated rings. The van der Waals surface area contributed by atoms with Gasteiger partial charge in [-0.25, -0.2) is 0 Å². The van der Waals surface area contributed by atoms with E-state index in [-0.39, 0.29) is 0 Å². The molecule has 1 unspecified atom stereocenters. The first-order valence-electron chi connectivity index (χ1n) is 45.6. The first-order valence-corrected chi connectivity index (χ1v) is 45.6. The van der Waals surface area contributed by atoms with Gasteiger partial charge in [0.2, 0.25) is 0 Å². The Morgan fingerprint density at radius 1 is 0.274 bits per heavy atom. The van der Waals surface area contributed by atoms with Crippen molar-refractivity contribution >= 4 is 0 Å². The molecule has 2 aliphatic carbocycles. The Kier molecular flexibility index (Phi) is 62.0. The minimum Gasteiger partial charge on any atom is -0.0651 e. The molecule has 0 radical (unpaired) electrons. The summed E-state index contributed by atoms with van der Waals surface area (Å²) in [5.74, 6) is 9.48. The summed E-state index contributed by atoms with van der Waals surface area (Å²) < 4.78 is 0. The highest BCUT2D eigenvalue weighted by molar-refractivity contribution is 4.92. The maximum Gasteiger partial charge on any atom is -0.0257 e. The van der Waals surface area contributed by atoms with Gasteiger partial charge in [0, 0.05) is 0 Å². The molecule has 0 N–H and O–H groups in total. The van der Waals surface area contributed by atoms with E-state index in [0.717, 1.165) is 65.1 Å². The highest BCUT2D eigenvalue weighted by Gasteiger charge is 2.42. The van der Waals surface area contributed by atoms with Gasteiger partial charge in [-0.05, 0) is 157 Å². The average Bonchev–Trinajstić information content (AvgIpc) is 0.793. The third-order valence-corrected chi connectivity index (χ3v) is 31.9. The Bertz CT molecular complexity index is 1870. The van der Waals surface area contributed by atoms with Gasteiger partial charge < -0.3 is 0 Å². The minimum atomic E-state index is 0.375.